The highest BCUT2D eigenvalue weighted by atomic mass is 35.5. The molecule has 0 fully saturated rings. The SMILES string of the molecule is Cc1cc(Cl)ccc1OCn1ccc(C(=O)Nc2c(C(N)=O)sc3nc(C(F)(F)F)cc(-c4ccco4)c23)n1. The fraction of sp³-hybridized carbons (Fsp3) is 0.120. The molecule has 0 aliphatic carbocycles. The maximum Gasteiger partial charge on any atom is 0.433 e. The molecular weight excluding hydrogens is 559 g/mol. The largest absolute Gasteiger partial charge is 0.471 e. The summed E-state index contributed by atoms with van der Waals surface area (Å²) in [5, 5.41) is 7.39. The third-order valence-corrected chi connectivity index (χ3v) is 6.90. The van der Waals surface area contributed by atoms with Crippen molar-refractivity contribution in [2.75, 3.05) is 5.32 Å². The van der Waals surface area contributed by atoms with Gasteiger partial charge in [0.2, 0.25) is 0 Å². The molecule has 0 bridgehead atoms. The third-order valence-electron chi connectivity index (χ3n) is 5.56. The van der Waals surface area contributed by atoms with Gasteiger partial charge in [0.05, 0.1) is 12.0 Å². The monoisotopic (exact) mass is 575 g/mol. The highest BCUT2D eigenvalue weighted by Crippen LogP contribution is 2.43. The number of aryl methyl sites for hydroxylation is 1. The van der Waals surface area contributed by atoms with Crippen LogP contribution in [-0.4, -0.2) is 26.6 Å². The lowest BCUT2D eigenvalue weighted by Crippen LogP contribution is -2.18. The first kappa shape index (κ1) is 26.3. The van der Waals surface area contributed by atoms with E-state index in [1.807, 2.05) is 6.92 Å². The van der Waals surface area contributed by atoms with E-state index < -0.39 is 23.7 Å². The first-order valence-corrected chi connectivity index (χ1v) is 12.3. The van der Waals surface area contributed by atoms with E-state index in [4.69, 9.17) is 26.5 Å². The molecule has 0 aliphatic heterocycles. The van der Waals surface area contributed by atoms with E-state index in [2.05, 4.69) is 15.4 Å². The topological polar surface area (TPSA) is 125 Å². The van der Waals surface area contributed by atoms with Gasteiger partial charge in [-0.1, -0.05) is 11.6 Å². The predicted molar refractivity (Wildman–Crippen MR) is 138 cm³/mol. The van der Waals surface area contributed by atoms with Gasteiger partial charge in [0.15, 0.2) is 12.4 Å². The Morgan fingerprint density at radius 2 is 2.03 bits per heavy atom. The Balaban J connectivity index is 1.48. The number of hydrogen-bond acceptors (Lipinski definition) is 7. The van der Waals surface area contributed by atoms with Crippen LogP contribution in [0.5, 0.6) is 5.75 Å². The summed E-state index contributed by atoms with van der Waals surface area (Å²) in [6.07, 6.45) is -1.98. The number of fused-ring (bicyclic) bond motifs is 1. The number of nitrogens with zero attached hydrogens (tertiary/aromatic N) is 3. The summed E-state index contributed by atoms with van der Waals surface area (Å²) in [7, 11) is 0. The Hall–Kier alpha value is -4.36. The van der Waals surface area contributed by atoms with E-state index in [1.54, 1.807) is 18.2 Å². The molecule has 4 heterocycles. The van der Waals surface area contributed by atoms with Crippen molar-refractivity contribution in [2.24, 2.45) is 5.73 Å². The second kappa shape index (κ2) is 10.1. The quantitative estimate of drug-likeness (QED) is 0.241. The van der Waals surface area contributed by atoms with Gasteiger partial charge in [-0.2, -0.15) is 18.3 Å². The van der Waals surface area contributed by atoms with Crippen LogP contribution in [0.2, 0.25) is 5.02 Å². The van der Waals surface area contributed by atoms with Gasteiger partial charge in [0.1, 0.15) is 26.9 Å². The molecule has 3 N–H and O–H groups in total. The number of furan rings is 1. The van der Waals surface area contributed by atoms with E-state index >= 15 is 0 Å². The molecular formula is C25H17ClF3N5O4S. The smallest absolute Gasteiger partial charge is 0.433 e. The highest BCUT2D eigenvalue weighted by Gasteiger charge is 2.35. The van der Waals surface area contributed by atoms with Crippen molar-refractivity contribution in [2.45, 2.75) is 19.8 Å². The second-order valence-electron chi connectivity index (χ2n) is 8.26. The van der Waals surface area contributed by atoms with Gasteiger partial charge >= 0.3 is 6.18 Å². The predicted octanol–water partition coefficient (Wildman–Crippen LogP) is 6.12. The number of rotatable bonds is 7. The molecule has 9 nitrogen and oxygen atoms in total. The first-order chi connectivity index (χ1) is 18.5. The number of pyridine rings is 1. The van der Waals surface area contributed by atoms with Crippen LogP contribution >= 0.6 is 22.9 Å². The number of halogens is 4. The van der Waals surface area contributed by atoms with E-state index in [0.717, 1.165) is 11.6 Å². The minimum absolute atomic E-state index is 0.0174. The molecule has 0 saturated heterocycles. The number of amides is 2. The normalized spacial score (nSPS) is 11.6. The van der Waals surface area contributed by atoms with Crippen molar-refractivity contribution in [3.8, 4) is 17.1 Å². The van der Waals surface area contributed by atoms with Crippen LogP contribution in [0.25, 0.3) is 21.5 Å². The number of carbonyl (C=O) groups excluding carboxylic acids is 2. The molecule has 200 valence electrons. The zero-order valence-electron chi connectivity index (χ0n) is 19.9. The Morgan fingerprint density at radius 1 is 1.23 bits per heavy atom. The molecule has 5 rings (SSSR count). The summed E-state index contributed by atoms with van der Waals surface area (Å²) < 4.78 is 53.1. The number of aromatic nitrogens is 3. The van der Waals surface area contributed by atoms with Crippen molar-refractivity contribution < 1.29 is 31.9 Å². The van der Waals surface area contributed by atoms with E-state index in [1.165, 1.54) is 35.3 Å². The molecule has 4 aromatic heterocycles. The van der Waals surface area contributed by atoms with Crippen LogP contribution in [0.3, 0.4) is 0 Å². The maximum absolute atomic E-state index is 13.6. The van der Waals surface area contributed by atoms with Crippen molar-refractivity contribution >= 4 is 50.7 Å². The Labute approximate surface area is 226 Å². The molecule has 0 atom stereocenters. The molecule has 14 heteroatoms. The van der Waals surface area contributed by atoms with Crippen LogP contribution in [-0.2, 0) is 12.9 Å². The summed E-state index contributed by atoms with van der Waals surface area (Å²) in [4.78, 5) is 28.7. The van der Waals surface area contributed by atoms with Crippen molar-refractivity contribution in [1.82, 2.24) is 14.8 Å². The van der Waals surface area contributed by atoms with Crippen LogP contribution in [0.15, 0.2) is 59.3 Å². The summed E-state index contributed by atoms with van der Waals surface area (Å²) in [5.74, 6) is -1.03. The van der Waals surface area contributed by atoms with E-state index in [9.17, 15) is 22.8 Å². The van der Waals surface area contributed by atoms with Crippen LogP contribution < -0.4 is 15.8 Å². The number of alkyl halides is 3. The van der Waals surface area contributed by atoms with Gasteiger partial charge in [-0.25, -0.2) is 9.67 Å². The lowest BCUT2D eigenvalue weighted by Gasteiger charge is -2.11. The number of thiophene rings is 1. The molecule has 5 aromatic rings. The Morgan fingerprint density at radius 3 is 2.69 bits per heavy atom. The number of primary amides is 1. The number of carbonyl (C=O) groups is 2. The van der Waals surface area contributed by atoms with Gasteiger partial charge in [-0.05, 0) is 55.0 Å². The fourth-order valence-electron chi connectivity index (χ4n) is 3.81. The number of ether oxygens (including phenoxy) is 1. The number of nitrogens with one attached hydrogen (secondary N) is 1. The number of nitrogens with two attached hydrogens (primary N) is 1. The van der Waals surface area contributed by atoms with Gasteiger partial charge < -0.3 is 20.2 Å². The summed E-state index contributed by atoms with van der Waals surface area (Å²) in [6, 6.07) is 10.3. The van der Waals surface area contributed by atoms with Gasteiger partial charge in [-0.15, -0.1) is 11.3 Å². The average Bonchev–Trinajstić information content (AvgIpc) is 3.63. The first-order valence-electron chi connectivity index (χ1n) is 11.1. The Kier molecular flexibility index (Phi) is 6.78. The summed E-state index contributed by atoms with van der Waals surface area (Å²) in [5.41, 5.74) is 4.97. The molecule has 0 saturated carbocycles. The third kappa shape index (κ3) is 5.31. The lowest BCUT2D eigenvalue weighted by molar-refractivity contribution is -0.140. The molecule has 2 amide bonds. The molecule has 1 aromatic carbocycles. The number of hydrogen-bond donors (Lipinski definition) is 2. The maximum atomic E-state index is 13.6. The zero-order chi connectivity index (χ0) is 27.9. The fourth-order valence-corrected chi connectivity index (χ4v) is 5.04. The van der Waals surface area contributed by atoms with Gasteiger partial charge in [-0.3, -0.25) is 9.59 Å². The van der Waals surface area contributed by atoms with Crippen LogP contribution in [0.4, 0.5) is 18.9 Å². The van der Waals surface area contributed by atoms with Crippen LogP contribution in [0.1, 0.15) is 31.4 Å². The van der Waals surface area contributed by atoms with E-state index in [0.29, 0.717) is 22.1 Å². The average molecular weight is 576 g/mol. The molecule has 0 aliphatic rings. The van der Waals surface area contributed by atoms with Crippen molar-refractivity contribution in [1.29, 1.82) is 0 Å². The molecule has 0 spiro atoms. The van der Waals surface area contributed by atoms with Gasteiger partial charge in [0.25, 0.3) is 11.8 Å². The zero-order valence-corrected chi connectivity index (χ0v) is 21.4. The minimum atomic E-state index is -4.77. The van der Waals surface area contributed by atoms with E-state index in [-0.39, 0.29) is 44.5 Å². The number of anilines is 1. The van der Waals surface area contributed by atoms with Crippen molar-refractivity contribution in [3.05, 3.63) is 81.8 Å². The number of benzene rings is 1. The molecule has 39 heavy (non-hydrogen) atoms. The molecule has 0 radical (unpaired) electrons. The highest BCUT2D eigenvalue weighted by molar-refractivity contribution is 7.21. The standard InChI is InChI=1S/C25H17ClF3N5O4S/c1-12-9-13(26)4-5-16(12)38-11-34-7-6-15(33-34)23(36)32-20-19-14(17-3-2-8-37-17)10-18(25(27,28)29)31-24(19)39-21(20)22(30)35/h2-10H,11H2,1H3,(H2,30,35)(H,32,36). The van der Waals surface area contributed by atoms with Crippen LogP contribution in [0, 0.1) is 6.92 Å². The Bertz CT molecular complexity index is 1710. The van der Waals surface area contributed by atoms with Gasteiger partial charge in [0, 0.05) is 22.2 Å². The summed E-state index contributed by atoms with van der Waals surface area (Å²) in [6.45, 7) is 1.81. The lowest BCUT2D eigenvalue weighted by atomic mass is 10.1. The summed E-state index contributed by atoms with van der Waals surface area (Å²) >= 11 is 6.59. The molecule has 0 unspecified atom stereocenters. The minimum Gasteiger partial charge on any atom is -0.471 e. The van der Waals surface area contributed by atoms with Crippen molar-refractivity contribution in [3.63, 3.8) is 0 Å². The second-order valence-corrected chi connectivity index (χ2v) is 9.69.